The predicted octanol–water partition coefficient (Wildman–Crippen LogP) is 2.84. The minimum Gasteiger partial charge on any atom is -0.355 e. The Labute approximate surface area is 157 Å². The Morgan fingerprint density at radius 2 is 2.23 bits per heavy atom. The third kappa shape index (κ3) is 4.35. The van der Waals surface area contributed by atoms with Crippen molar-refractivity contribution in [3.63, 3.8) is 0 Å². The average molecular weight is 376 g/mol. The van der Waals surface area contributed by atoms with Crippen molar-refractivity contribution in [1.82, 2.24) is 19.8 Å². The molecule has 1 aromatic carbocycles. The van der Waals surface area contributed by atoms with E-state index < -0.39 is 0 Å². The number of likely N-dealkylation sites (tertiary alicyclic amines) is 1. The second-order valence-corrected chi connectivity index (χ2v) is 6.82. The highest BCUT2D eigenvalue weighted by Crippen LogP contribution is 2.25. The number of halogens is 1. The van der Waals surface area contributed by atoms with Crippen LogP contribution in [-0.4, -0.2) is 46.5 Å². The standard InChI is InChI=1S/C18H22ClN5O2/c1-20-17(25)14-4-5-15(19)16(9-14)22-18(26)24-7-2-3-13(11-24)10-23-8-6-21-12-23/h4-6,8-9,12-13H,2-3,7,10-11H2,1H3,(H,20,25)(H,22,26)/t13-/m1/s1. The van der Waals surface area contributed by atoms with E-state index in [0.717, 1.165) is 19.4 Å². The lowest BCUT2D eigenvalue weighted by Crippen LogP contribution is -2.43. The first-order valence-electron chi connectivity index (χ1n) is 8.60. The number of urea groups is 1. The first kappa shape index (κ1) is 18.3. The van der Waals surface area contributed by atoms with Gasteiger partial charge in [-0.2, -0.15) is 0 Å². The first-order valence-corrected chi connectivity index (χ1v) is 8.98. The van der Waals surface area contributed by atoms with E-state index in [1.54, 1.807) is 42.7 Å². The van der Waals surface area contributed by atoms with Gasteiger partial charge in [-0.05, 0) is 37.0 Å². The Hall–Kier alpha value is -2.54. The number of amides is 3. The van der Waals surface area contributed by atoms with Gasteiger partial charge in [-0.1, -0.05) is 11.6 Å². The number of imidazole rings is 1. The van der Waals surface area contributed by atoms with Crippen LogP contribution in [0.15, 0.2) is 36.9 Å². The number of aromatic nitrogens is 2. The smallest absolute Gasteiger partial charge is 0.321 e. The molecule has 26 heavy (non-hydrogen) atoms. The van der Waals surface area contributed by atoms with Gasteiger partial charge in [-0.3, -0.25) is 4.79 Å². The molecular formula is C18H22ClN5O2. The van der Waals surface area contributed by atoms with Crippen LogP contribution in [0.2, 0.25) is 5.02 Å². The zero-order valence-corrected chi connectivity index (χ0v) is 15.4. The monoisotopic (exact) mass is 375 g/mol. The number of hydrogen-bond acceptors (Lipinski definition) is 3. The van der Waals surface area contributed by atoms with Gasteiger partial charge in [0.1, 0.15) is 0 Å². The molecule has 3 amide bonds. The van der Waals surface area contributed by atoms with Crippen LogP contribution in [0.4, 0.5) is 10.5 Å². The van der Waals surface area contributed by atoms with Gasteiger partial charge >= 0.3 is 6.03 Å². The summed E-state index contributed by atoms with van der Waals surface area (Å²) in [4.78, 5) is 30.3. The van der Waals surface area contributed by atoms with Gasteiger partial charge in [-0.15, -0.1) is 0 Å². The minimum absolute atomic E-state index is 0.198. The zero-order chi connectivity index (χ0) is 18.5. The molecule has 0 unspecified atom stereocenters. The summed E-state index contributed by atoms with van der Waals surface area (Å²) < 4.78 is 2.04. The zero-order valence-electron chi connectivity index (χ0n) is 14.6. The lowest BCUT2D eigenvalue weighted by atomic mass is 9.98. The van der Waals surface area contributed by atoms with Crippen LogP contribution < -0.4 is 10.6 Å². The number of hydrogen-bond donors (Lipinski definition) is 2. The second-order valence-electron chi connectivity index (χ2n) is 6.42. The summed E-state index contributed by atoms with van der Waals surface area (Å²) in [5.41, 5.74) is 0.887. The fourth-order valence-electron chi connectivity index (χ4n) is 3.19. The van der Waals surface area contributed by atoms with Crippen LogP contribution in [-0.2, 0) is 6.54 Å². The van der Waals surface area contributed by atoms with Crippen LogP contribution in [0.5, 0.6) is 0 Å². The molecule has 2 aromatic rings. The number of rotatable bonds is 4. The van der Waals surface area contributed by atoms with Crippen LogP contribution in [0.1, 0.15) is 23.2 Å². The lowest BCUT2D eigenvalue weighted by Gasteiger charge is -2.33. The molecule has 1 saturated heterocycles. The van der Waals surface area contributed by atoms with E-state index in [1.807, 2.05) is 10.8 Å². The average Bonchev–Trinajstić information content (AvgIpc) is 3.16. The van der Waals surface area contributed by atoms with Crippen molar-refractivity contribution >= 4 is 29.2 Å². The summed E-state index contributed by atoms with van der Waals surface area (Å²) in [6.07, 6.45) is 7.52. The van der Waals surface area contributed by atoms with Crippen molar-refractivity contribution < 1.29 is 9.59 Å². The number of carbonyl (C=O) groups is 2. The van der Waals surface area contributed by atoms with Gasteiger partial charge in [0.2, 0.25) is 0 Å². The fraction of sp³-hybridized carbons (Fsp3) is 0.389. The molecule has 8 heteroatoms. The fourth-order valence-corrected chi connectivity index (χ4v) is 3.36. The van der Waals surface area contributed by atoms with Crippen LogP contribution in [0, 0.1) is 5.92 Å². The summed E-state index contributed by atoms with van der Waals surface area (Å²) in [7, 11) is 1.56. The maximum absolute atomic E-state index is 12.7. The largest absolute Gasteiger partial charge is 0.355 e. The summed E-state index contributed by atoms with van der Waals surface area (Å²) in [6.45, 7) is 2.23. The Balaban J connectivity index is 1.64. The van der Waals surface area contributed by atoms with Gasteiger partial charge in [0.25, 0.3) is 5.91 Å². The van der Waals surface area contributed by atoms with Gasteiger partial charge in [0, 0.05) is 44.6 Å². The van der Waals surface area contributed by atoms with Crippen molar-refractivity contribution in [3.05, 3.63) is 47.5 Å². The van der Waals surface area contributed by atoms with Crippen LogP contribution >= 0.6 is 11.6 Å². The van der Waals surface area contributed by atoms with E-state index in [1.165, 1.54) is 0 Å². The van der Waals surface area contributed by atoms with Crippen molar-refractivity contribution in [2.45, 2.75) is 19.4 Å². The van der Waals surface area contributed by atoms with E-state index in [4.69, 9.17) is 11.6 Å². The normalized spacial score (nSPS) is 17.0. The maximum atomic E-state index is 12.7. The quantitative estimate of drug-likeness (QED) is 0.862. The van der Waals surface area contributed by atoms with Crippen molar-refractivity contribution in [1.29, 1.82) is 0 Å². The van der Waals surface area contributed by atoms with E-state index in [0.29, 0.717) is 35.3 Å². The van der Waals surface area contributed by atoms with E-state index in [-0.39, 0.29) is 11.9 Å². The van der Waals surface area contributed by atoms with Crippen molar-refractivity contribution in [2.75, 3.05) is 25.5 Å². The molecule has 1 aromatic heterocycles. The molecule has 7 nitrogen and oxygen atoms in total. The maximum Gasteiger partial charge on any atom is 0.321 e. The second kappa shape index (κ2) is 8.23. The molecular weight excluding hydrogens is 354 g/mol. The Kier molecular flexibility index (Phi) is 5.78. The van der Waals surface area contributed by atoms with Gasteiger partial charge < -0.3 is 20.1 Å². The molecule has 0 aliphatic carbocycles. The first-order chi connectivity index (χ1) is 12.6. The highest BCUT2D eigenvalue weighted by Gasteiger charge is 2.24. The third-order valence-corrected chi connectivity index (χ3v) is 4.86. The number of carbonyl (C=O) groups excluding carboxylic acids is 2. The minimum atomic E-state index is -0.226. The van der Waals surface area contributed by atoms with Crippen molar-refractivity contribution in [2.24, 2.45) is 5.92 Å². The third-order valence-electron chi connectivity index (χ3n) is 4.53. The van der Waals surface area contributed by atoms with Gasteiger partial charge in [-0.25, -0.2) is 9.78 Å². The number of piperidine rings is 1. The Morgan fingerprint density at radius 3 is 2.96 bits per heavy atom. The number of benzene rings is 1. The molecule has 0 radical (unpaired) electrons. The van der Waals surface area contributed by atoms with E-state index >= 15 is 0 Å². The van der Waals surface area contributed by atoms with E-state index in [9.17, 15) is 9.59 Å². The van der Waals surface area contributed by atoms with Gasteiger partial charge in [0.05, 0.1) is 17.0 Å². The molecule has 1 aliphatic heterocycles. The molecule has 2 N–H and O–H groups in total. The molecule has 0 spiro atoms. The Bertz CT molecular complexity index is 778. The SMILES string of the molecule is CNC(=O)c1ccc(Cl)c(NC(=O)N2CCC[C@H](Cn3ccnc3)C2)c1. The molecule has 0 bridgehead atoms. The topological polar surface area (TPSA) is 79.3 Å². The van der Waals surface area contributed by atoms with Gasteiger partial charge in [0.15, 0.2) is 0 Å². The lowest BCUT2D eigenvalue weighted by molar-refractivity contribution is 0.0963. The van der Waals surface area contributed by atoms with E-state index in [2.05, 4.69) is 15.6 Å². The molecule has 1 aliphatic rings. The molecule has 2 heterocycles. The summed E-state index contributed by atoms with van der Waals surface area (Å²) in [5.74, 6) is 0.159. The Morgan fingerprint density at radius 1 is 1.38 bits per heavy atom. The molecule has 1 fully saturated rings. The highest BCUT2D eigenvalue weighted by atomic mass is 35.5. The molecule has 138 valence electrons. The predicted molar refractivity (Wildman–Crippen MR) is 100 cm³/mol. The summed E-state index contributed by atoms with van der Waals surface area (Å²) in [6, 6.07) is 4.63. The van der Waals surface area contributed by atoms with Crippen molar-refractivity contribution in [3.8, 4) is 0 Å². The van der Waals surface area contributed by atoms with Crippen LogP contribution in [0.25, 0.3) is 0 Å². The molecule has 3 rings (SSSR count). The molecule has 1 atom stereocenters. The number of nitrogens with zero attached hydrogens (tertiary/aromatic N) is 3. The molecule has 0 saturated carbocycles. The van der Waals surface area contributed by atoms with Crippen LogP contribution in [0.3, 0.4) is 0 Å². The number of anilines is 1. The number of nitrogens with one attached hydrogen (secondary N) is 2. The summed E-state index contributed by atoms with van der Waals surface area (Å²) in [5, 5.41) is 5.79. The summed E-state index contributed by atoms with van der Waals surface area (Å²) >= 11 is 6.18. The highest BCUT2D eigenvalue weighted by molar-refractivity contribution is 6.33.